The molecule has 0 aromatic rings. The molecule has 326 valence electrons. The van der Waals surface area contributed by atoms with Crippen molar-refractivity contribution >= 4 is 17.5 Å². The van der Waals surface area contributed by atoms with Gasteiger partial charge in [-0.1, -0.05) is 0 Å². The summed E-state index contributed by atoms with van der Waals surface area (Å²) in [5.74, 6) is -5.27. The Morgan fingerprint density at radius 3 is 2.32 bits per heavy atom. The highest BCUT2D eigenvalue weighted by molar-refractivity contribution is 6.01. The third-order valence-corrected chi connectivity index (χ3v) is 14.7. The minimum Gasteiger partial charge on any atom is -0.396 e. The summed E-state index contributed by atoms with van der Waals surface area (Å²) in [4.78, 5) is 33.7. The standard InChI is InChI=1S/C39H69N7O11/c1-43-38(42)46-15-22-20(5-3-19-4-6-27(40)45-14-19)12-21-30(33(22)50)34(51)31-25(13-24(55-2)23(16-47)29(31)32(21)49)56-37-35(52)36(53)39(54,26(17-48)57-37)9-7-18-8-10-44-28(41)11-18/h18-31,33,35-37,44-45,47-48,50,52-54H,3-17,40-41H2,1-2H3,(H3,42,43,46)/t18?,19?,20?,21?,22?,23?,24?,25?,26-,27?,28?,29?,30?,31?,33?,35-,36-,37+,39-/m1/s1. The molecule has 0 aromatic carbocycles. The van der Waals surface area contributed by atoms with E-state index in [1.165, 1.54) is 7.11 Å². The number of guanidine groups is 1. The predicted octanol–water partition coefficient (Wildman–Crippen LogP) is -3.15. The van der Waals surface area contributed by atoms with E-state index in [1.807, 2.05) is 0 Å². The zero-order valence-electron chi connectivity index (χ0n) is 33.4. The SMILES string of the molecule is CN=C(N)NCC1C(CCC2CCC(N)NC2)CC2C(=O)C3C(CO)C(OC)CC(O[C@H]4O[C@H](CO)[C@](O)(CCC5CCNC(N)C5)[C@H](O)[C@H]4O)C3C(=O)C2C1O. The molecule has 14 unspecified atom stereocenters. The molecular formula is C39H69N7O11. The van der Waals surface area contributed by atoms with E-state index < -0.39 is 97.2 Å². The second-order valence-electron chi connectivity index (χ2n) is 17.8. The Morgan fingerprint density at radius 2 is 1.67 bits per heavy atom. The molecule has 18 nitrogen and oxygen atoms in total. The molecule has 6 aliphatic rings. The number of carbonyl (C=O) groups is 2. The fourth-order valence-electron chi connectivity index (χ4n) is 11.3. The van der Waals surface area contributed by atoms with Gasteiger partial charge < -0.3 is 78.0 Å². The average Bonchev–Trinajstić information content (AvgIpc) is 3.20. The van der Waals surface area contributed by atoms with E-state index >= 15 is 0 Å². The van der Waals surface area contributed by atoms with Crippen LogP contribution in [0.1, 0.15) is 64.2 Å². The van der Waals surface area contributed by atoms with Gasteiger partial charge in [0.2, 0.25) is 0 Å². The van der Waals surface area contributed by atoms with Gasteiger partial charge >= 0.3 is 0 Å². The van der Waals surface area contributed by atoms with E-state index in [0.717, 1.165) is 32.2 Å². The highest BCUT2D eigenvalue weighted by Crippen LogP contribution is 2.53. The van der Waals surface area contributed by atoms with Gasteiger partial charge in [-0.15, -0.1) is 0 Å². The number of carbonyl (C=O) groups excluding carboxylic acids is 2. The van der Waals surface area contributed by atoms with Gasteiger partial charge in [-0.25, -0.2) is 0 Å². The van der Waals surface area contributed by atoms with Crippen LogP contribution in [0.15, 0.2) is 4.99 Å². The van der Waals surface area contributed by atoms with Gasteiger partial charge in [0, 0.05) is 57.4 Å². The van der Waals surface area contributed by atoms with Crippen LogP contribution < -0.4 is 33.2 Å². The quantitative estimate of drug-likeness (QED) is 0.0646. The van der Waals surface area contributed by atoms with Crippen molar-refractivity contribution in [2.24, 2.45) is 75.5 Å². The molecule has 0 spiro atoms. The number of methoxy groups -OCH3 is 1. The second kappa shape index (κ2) is 19.2. The highest BCUT2D eigenvalue weighted by atomic mass is 16.7. The summed E-state index contributed by atoms with van der Waals surface area (Å²) < 4.78 is 18.2. The van der Waals surface area contributed by atoms with E-state index in [9.17, 15) is 40.2 Å². The molecule has 3 heterocycles. The van der Waals surface area contributed by atoms with Crippen molar-refractivity contribution in [1.82, 2.24) is 16.0 Å². The predicted molar refractivity (Wildman–Crippen MR) is 207 cm³/mol. The van der Waals surface area contributed by atoms with Gasteiger partial charge in [0.05, 0.1) is 49.1 Å². The van der Waals surface area contributed by atoms with E-state index in [-0.39, 0.29) is 61.1 Å². The number of Topliss-reactive ketones (excluding diaryl/α,β-unsaturated/α-hetero) is 2. The number of ketones is 2. The molecule has 0 radical (unpaired) electrons. The number of nitrogens with one attached hydrogen (secondary N) is 3. The number of aliphatic hydroxyl groups excluding tert-OH is 5. The number of nitrogens with zero attached hydrogens (tertiary/aromatic N) is 1. The third-order valence-electron chi connectivity index (χ3n) is 14.7. The van der Waals surface area contributed by atoms with E-state index in [0.29, 0.717) is 38.1 Å². The molecule has 15 N–H and O–H groups in total. The van der Waals surface area contributed by atoms with Gasteiger partial charge in [-0.3, -0.25) is 14.6 Å². The topological polar surface area (TPSA) is 310 Å². The summed E-state index contributed by atoms with van der Waals surface area (Å²) in [6, 6.07) is 0. The Hall–Kier alpha value is -1.91. The number of ether oxygens (including phenoxy) is 3. The molecule has 19 atom stereocenters. The highest BCUT2D eigenvalue weighted by Gasteiger charge is 2.64. The van der Waals surface area contributed by atoms with Crippen molar-refractivity contribution in [3.05, 3.63) is 0 Å². The summed E-state index contributed by atoms with van der Waals surface area (Å²) in [6.07, 6.45) is -4.04. The van der Waals surface area contributed by atoms with Gasteiger partial charge in [0.25, 0.3) is 0 Å². The van der Waals surface area contributed by atoms with Crippen LogP contribution >= 0.6 is 0 Å². The maximum absolute atomic E-state index is 14.9. The summed E-state index contributed by atoms with van der Waals surface area (Å²) in [5, 5.41) is 77.4. The monoisotopic (exact) mass is 812 g/mol. The van der Waals surface area contributed by atoms with Crippen molar-refractivity contribution < 1.29 is 54.4 Å². The number of piperidine rings is 2. The molecule has 0 bridgehead atoms. The Kier molecular flexibility index (Phi) is 15.0. The Morgan fingerprint density at radius 1 is 0.895 bits per heavy atom. The molecular weight excluding hydrogens is 742 g/mol. The number of aliphatic imine (C=N–C) groups is 1. The van der Waals surface area contributed by atoms with Crippen LogP contribution in [-0.2, 0) is 23.8 Å². The lowest BCUT2D eigenvalue weighted by Crippen LogP contribution is -2.69. The summed E-state index contributed by atoms with van der Waals surface area (Å²) in [6.45, 7) is 0.599. The second-order valence-corrected chi connectivity index (χ2v) is 17.8. The van der Waals surface area contributed by atoms with Crippen molar-refractivity contribution in [3.63, 3.8) is 0 Å². The van der Waals surface area contributed by atoms with Crippen LogP contribution in [0.25, 0.3) is 0 Å². The molecule has 6 fully saturated rings. The number of nitrogens with two attached hydrogens (primary N) is 3. The number of aliphatic hydroxyl groups is 6. The van der Waals surface area contributed by atoms with E-state index in [1.54, 1.807) is 7.05 Å². The fourth-order valence-corrected chi connectivity index (χ4v) is 11.3. The molecule has 3 saturated heterocycles. The molecule has 0 aromatic heterocycles. The molecule has 3 aliphatic carbocycles. The van der Waals surface area contributed by atoms with Crippen LogP contribution in [0.2, 0.25) is 0 Å². The number of fused-ring (bicyclic) bond motifs is 2. The lowest BCUT2D eigenvalue weighted by molar-refractivity contribution is -0.347. The Balaban J connectivity index is 1.23. The number of rotatable bonds is 13. The maximum Gasteiger partial charge on any atom is 0.188 e. The Labute approximate surface area is 335 Å². The minimum absolute atomic E-state index is 0.0189. The van der Waals surface area contributed by atoms with E-state index in [2.05, 4.69) is 20.9 Å². The molecule has 57 heavy (non-hydrogen) atoms. The Bertz CT molecular complexity index is 1390. The van der Waals surface area contributed by atoms with Crippen molar-refractivity contribution in [2.45, 2.75) is 125 Å². The van der Waals surface area contributed by atoms with Crippen molar-refractivity contribution in [1.29, 1.82) is 0 Å². The molecule has 6 rings (SSSR count). The zero-order chi connectivity index (χ0) is 41.2. The zero-order valence-corrected chi connectivity index (χ0v) is 33.4. The summed E-state index contributed by atoms with van der Waals surface area (Å²) in [7, 11) is 3.00. The summed E-state index contributed by atoms with van der Waals surface area (Å²) in [5.41, 5.74) is 16.1. The summed E-state index contributed by atoms with van der Waals surface area (Å²) >= 11 is 0. The van der Waals surface area contributed by atoms with Crippen LogP contribution in [0.4, 0.5) is 0 Å². The first-order chi connectivity index (χ1) is 27.3. The van der Waals surface area contributed by atoms with Crippen LogP contribution in [0.5, 0.6) is 0 Å². The number of hydrogen-bond acceptors (Lipinski definition) is 16. The lowest BCUT2D eigenvalue weighted by Gasteiger charge is -2.55. The largest absolute Gasteiger partial charge is 0.396 e. The van der Waals surface area contributed by atoms with E-state index in [4.69, 9.17) is 31.4 Å². The first-order valence-electron chi connectivity index (χ1n) is 21.1. The minimum atomic E-state index is -2.02. The van der Waals surface area contributed by atoms with Crippen LogP contribution in [-0.4, -0.2) is 156 Å². The fraction of sp³-hybridized carbons (Fsp3) is 0.923. The van der Waals surface area contributed by atoms with Gasteiger partial charge in [-0.2, -0.15) is 0 Å². The van der Waals surface area contributed by atoms with Gasteiger partial charge in [-0.05, 0) is 88.6 Å². The van der Waals surface area contributed by atoms with Crippen LogP contribution in [0.3, 0.4) is 0 Å². The molecule has 18 heteroatoms. The molecule has 0 amide bonds. The van der Waals surface area contributed by atoms with Gasteiger partial charge in [0.1, 0.15) is 35.5 Å². The maximum atomic E-state index is 14.9. The lowest BCUT2D eigenvalue weighted by atomic mass is 9.51. The first-order valence-corrected chi connectivity index (χ1v) is 21.1. The van der Waals surface area contributed by atoms with Crippen molar-refractivity contribution in [3.8, 4) is 0 Å². The normalized spacial score (nSPS) is 46.9. The molecule has 3 saturated carbocycles. The first kappa shape index (κ1) is 44.6. The average molecular weight is 812 g/mol. The van der Waals surface area contributed by atoms with Crippen molar-refractivity contribution in [2.75, 3.05) is 47.0 Å². The van der Waals surface area contributed by atoms with Crippen LogP contribution in [0, 0.1) is 53.3 Å². The van der Waals surface area contributed by atoms with Gasteiger partial charge in [0.15, 0.2) is 12.2 Å². The number of hydrogen-bond donors (Lipinski definition) is 12. The third kappa shape index (κ3) is 9.23. The molecule has 3 aliphatic heterocycles. The smallest absolute Gasteiger partial charge is 0.188 e.